The molecule has 1 aromatic carbocycles. The van der Waals surface area contributed by atoms with Crippen molar-refractivity contribution in [1.29, 1.82) is 0 Å². The first-order valence-corrected chi connectivity index (χ1v) is 8.12. The van der Waals surface area contributed by atoms with Crippen LogP contribution in [0.5, 0.6) is 0 Å². The zero-order chi connectivity index (χ0) is 15.7. The molecule has 1 aromatic heterocycles. The molecule has 0 radical (unpaired) electrons. The van der Waals surface area contributed by atoms with E-state index in [9.17, 15) is 0 Å². The second-order valence-corrected chi connectivity index (χ2v) is 6.70. The van der Waals surface area contributed by atoms with Gasteiger partial charge < -0.3 is 10.2 Å². The molecular weight excluding hydrogens is 296 g/mol. The second kappa shape index (κ2) is 6.41. The number of rotatable bonds is 3. The fourth-order valence-electron chi connectivity index (χ4n) is 3.17. The van der Waals surface area contributed by atoms with Gasteiger partial charge in [-0.15, -0.1) is 0 Å². The van der Waals surface area contributed by atoms with Crippen molar-refractivity contribution in [1.82, 2.24) is 14.8 Å². The maximum absolute atomic E-state index is 6.06. The molecule has 1 saturated heterocycles. The van der Waals surface area contributed by atoms with Gasteiger partial charge in [0, 0.05) is 54.0 Å². The summed E-state index contributed by atoms with van der Waals surface area (Å²) in [5, 5.41) is 5.51. The van der Waals surface area contributed by atoms with E-state index < -0.39 is 0 Å². The lowest BCUT2D eigenvalue weighted by atomic mass is 10.0. The fraction of sp³-hybridized carbons (Fsp3) is 0.471. The molecule has 1 aliphatic heterocycles. The normalized spacial score (nSPS) is 21.9. The summed E-state index contributed by atoms with van der Waals surface area (Å²) in [6, 6.07) is 8.76. The number of pyridine rings is 1. The molecule has 22 heavy (non-hydrogen) atoms. The SMILES string of the molecule is CC(Nc1ccnc2cc(Cl)ccc12)C1CN(C)CCN1C. The third kappa shape index (κ3) is 3.19. The van der Waals surface area contributed by atoms with Crippen LogP contribution in [0.3, 0.4) is 0 Å². The molecule has 0 saturated carbocycles. The number of piperazine rings is 1. The maximum atomic E-state index is 6.06. The minimum absolute atomic E-state index is 0.356. The highest BCUT2D eigenvalue weighted by Crippen LogP contribution is 2.26. The Labute approximate surface area is 137 Å². The van der Waals surface area contributed by atoms with Crippen molar-refractivity contribution in [3.8, 4) is 0 Å². The minimum atomic E-state index is 0.356. The molecule has 0 spiro atoms. The summed E-state index contributed by atoms with van der Waals surface area (Å²) in [6.07, 6.45) is 1.84. The number of anilines is 1. The first-order chi connectivity index (χ1) is 10.5. The molecule has 1 N–H and O–H groups in total. The summed E-state index contributed by atoms with van der Waals surface area (Å²) in [4.78, 5) is 9.24. The van der Waals surface area contributed by atoms with Crippen molar-refractivity contribution in [3.05, 3.63) is 35.5 Å². The van der Waals surface area contributed by atoms with Crippen LogP contribution in [0.2, 0.25) is 5.02 Å². The molecule has 2 heterocycles. The third-order valence-electron chi connectivity index (χ3n) is 4.56. The number of nitrogens with zero attached hydrogens (tertiary/aromatic N) is 3. The summed E-state index contributed by atoms with van der Waals surface area (Å²) in [5.41, 5.74) is 2.05. The van der Waals surface area contributed by atoms with Crippen molar-refractivity contribution in [2.45, 2.75) is 19.0 Å². The Morgan fingerprint density at radius 3 is 2.91 bits per heavy atom. The van der Waals surface area contributed by atoms with Crippen LogP contribution in [0, 0.1) is 0 Å². The van der Waals surface area contributed by atoms with E-state index in [-0.39, 0.29) is 0 Å². The van der Waals surface area contributed by atoms with Gasteiger partial charge >= 0.3 is 0 Å². The number of benzene rings is 1. The Bertz CT molecular complexity index is 660. The molecule has 0 aliphatic carbocycles. The molecule has 2 unspecified atom stereocenters. The summed E-state index contributed by atoms with van der Waals surface area (Å²) in [7, 11) is 4.40. The lowest BCUT2D eigenvalue weighted by Gasteiger charge is -2.41. The Morgan fingerprint density at radius 2 is 2.09 bits per heavy atom. The van der Waals surface area contributed by atoms with Crippen LogP contribution in [0.15, 0.2) is 30.5 Å². The highest BCUT2D eigenvalue weighted by Gasteiger charge is 2.27. The van der Waals surface area contributed by atoms with Gasteiger partial charge in [0.25, 0.3) is 0 Å². The summed E-state index contributed by atoms with van der Waals surface area (Å²) >= 11 is 6.06. The summed E-state index contributed by atoms with van der Waals surface area (Å²) < 4.78 is 0. The van der Waals surface area contributed by atoms with E-state index in [1.165, 1.54) is 0 Å². The van der Waals surface area contributed by atoms with E-state index in [1.54, 1.807) is 0 Å². The van der Waals surface area contributed by atoms with Crippen LogP contribution in [0.25, 0.3) is 10.9 Å². The van der Waals surface area contributed by atoms with Gasteiger partial charge in [0.15, 0.2) is 0 Å². The first kappa shape index (κ1) is 15.5. The minimum Gasteiger partial charge on any atom is -0.380 e. The largest absolute Gasteiger partial charge is 0.380 e. The predicted octanol–water partition coefficient (Wildman–Crippen LogP) is 2.93. The molecule has 4 nitrogen and oxygen atoms in total. The van der Waals surface area contributed by atoms with Crippen LogP contribution >= 0.6 is 11.6 Å². The van der Waals surface area contributed by atoms with Gasteiger partial charge in [-0.05, 0) is 45.3 Å². The van der Waals surface area contributed by atoms with E-state index in [4.69, 9.17) is 11.6 Å². The summed E-state index contributed by atoms with van der Waals surface area (Å²) in [5.74, 6) is 0. The molecule has 2 atom stereocenters. The molecule has 0 amide bonds. The Hall–Kier alpha value is -1.36. The zero-order valence-corrected chi connectivity index (χ0v) is 14.1. The van der Waals surface area contributed by atoms with E-state index in [1.807, 2.05) is 30.5 Å². The van der Waals surface area contributed by atoms with Crippen LogP contribution in [-0.2, 0) is 0 Å². The van der Waals surface area contributed by atoms with Crippen molar-refractivity contribution in [2.24, 2.45) is 0 Å². The second-order valence-electron chi connectivity index (χ2n) is 6.26. The number of fused-ring (bicyclic) bond motifs is 1. The van der Waals surface area contributed by atoms with Gasteiger partial charge in [-0.3, -0.25) is 9.88 Å². The number of hydrogen-bond acceptors (Lipinski definition) is 4. The maximum Gasteiger partial charge on any atom is 0.0737 e. The highest BCUT2D eigenvalue weighted by molar-refractivity contribution is 6.31. The van der Waals surface area contributed by atoms with E-state index in [2.05, 4.69) is 41.1 Å². The molecule has 1 aliphatic rings. The van der Waals surface area contributed by atoms with E-state index in [0.717, 1.165) is 41.2 Å². The number of likely N-dealkylation sites (N-methyl/N-ethyl adjacent to an activating group) is 2. The van der Waals surface area contributed by atoms with Gasteiger partial charge in [-0.1, -0.05) is 11.6 Å². The zero-order valence-electron chi connectivity index (χ0n) is 13.4. The third-order valence-corrected chi connectivity index (χ3v) is 4.80. The quantitative estimate of drug-likeness (QED) is 0.943. The number of halogens is 1. The summed E-state index contributed by atoms with van der Waals surface area (Å²) in [6.45, 7) is 5.58. The molecule has 2 aromatic rings. The standard InChI is InChI=1S/C17H23ClN4/c1-12(17-11-21(2)8-9-22(17)3)20-15-6-7-19-16-10-13(18)4-5-14(15)16/h4-7,10,12,17H,8-9,11H2,1-3H3,(H,19,20). The smallest absolute Gasteiger partial charge is 0.0737 e. The highest BCUT2D eigenvalue weighted by atomic mass is 35.5. The topological polar surface area (TPSA) is 31.4 Å². The average Bonchev–Trinajstić information content (AvgIpc) is 2.49. The molecule has 118 valence electrons. The Morgan fingerprint density at radius 1 is 1.27 bits per heavy atom. The lowest BCUT2D eigenvalue weighted by molar-refractivity contribution is 0.105. The van der Waals surface area contributed by atoms with Gasteiger partial charge in [-0.25, -0.2) is 0 Å². The van der Waals surface area contributed by atoms with Gasteiger partial charge in [0.2, 0.25) is 0 Å². The number of hydrogen-bond donors (Lipinski definition) is 1. The first-order valence-electron chi connectivity index (χ1n) is 7.74. The van der Waals surface area contributed by atoms with Gasteiger partial charge in [0.05, 0.1) is 5.52 Å². The molecule has 3 rings (SSSR count). The van der Waals surface area contributed by atoms with E-state index >= 15 is 0 Å². The fourth-order valence-corrected chi connectivity index (χ4v) is 3.34. The van der Waals surface area contributed by atoms with E-state index in [0.29, 0.717) is 12.1 Å². The lowest BCUT2D eigenvalue weighted by Crippen LogP contribution is -2.56. The van der Waals surface area contributed by atoms with Crippen LogP contribution in [0.4, 0.5) is 5.69 Å². The van der Waals surface area contributed by atoms with Crippen molar-refractivity contribution >= 4 is 28.2 Å². The molecular formula is C17H23ClN4. The van der Waals surface area contributed by atoms with Crippen LogP contribution in [-0.4, -0.2) is 60.6 Å². The average molecular weight is 319 g/mol. The monoisotopic (exact) mass is 318 g/mol. The number of nitrogens with one attached hydrogen (secondary N) is 1. The van der Waals surface area contributed by atoms with Gasteiger partial charge in [-0.2, -0.15) is 0 Å². The molecule has 5 heteroatoms. The predicted molar refractivity (Wildman–Crippen MR) is 93.8 cm³/mol. The van der Waals surface area contributed by atoms with Crippen molar-refractivity contribution in [3.63, 3.8) is 0 Å². The Kier molecular flexibility index (Phi) is 4.52. The Balaban J connectivity index is 1.83. The number of aromatic nitrogens is 1. The molecule has 0 bridgehead atoms. The molecule has 1 fully saturated rings. The van der Waals surface area contributed by atoms with Gasteiger partial charge in [0.1, 0.15) is 0 Å². The van der Waals surface area contributed by atoms with Crippen molar-refractivity contribution < 1.29 is 0 Å². The van der Waals surface area contributed by atoms with Crippen LogP contribution in [0.1, 0.15) is 6.92 Å². The van der Waals surface area contributed by atoms with Crippen molar-refractivity contribution in [2.75, 3.05) is 39.0 Å². The van der Waals surface area contributed by atoms with Crippen LogP contribution < -0.4 is 5.32 Å².